The van der Waals surface area contributed by atoms with Gasteiger partial charge in [0, 0.05) is 5.56 Å². The Labute approximate surface area is 168 Å². The lowest BCUT2D eigenvalue weighted by atomic mass is 10.0. The molecule has 2 aromatic carbocycles. The number of thioether (sulfide) groups is 1. The molecule has 1 aromatic heterocycles. The number of anilines is 1. The summed E-state index contributed by atoms with van der Waals surface area (Å²) in [6.07, 6.45) is 1.98. The standard InChI is InChI=1S/C21H22N2O2S2/c1-14(2)15-9-11-17(12-10-15)25-13-18(24)22-20-19(23-21(26-3)27-20)16-7-5-4-6-8-16/h4-12,14H,13H2,1-3H3,(H,22,24). The summed E-state index contributed by atoms with van der Waals surface area (Å²) in [6.45, 7) is 4.25. The fraction of sp³-hybridized carbons (Fsp3) is 0.238. The normalized spacial score (nSPS) is 10.8. The first-order valence-electron chi connectivity index (χ1n) is 8.69. The zero-order valence-electron chi connectivity index (χ0n) is 15.6. The third-order valence-corrected chi connectivity index (χ3v) is 5.96. The highest BCUT2D eigenvalue weighted by atomic mass is 32.2. The molecule has 0 aliphatic rings. The van der Waals surface area contributed by atoms with Crippen molar-refractivity contribution < 1.29 is 9.53 Å². The lowest BCUT2D eigenvalue weighted by molar-refractivity contribution is -0.118. The molecular formula is C21H22N2O2S2. The minimum Gasteiger partial charge on any atom is -0.484 e. The molecular weight excluding hydrogens is 376 g/mol. The van der Waals surface area contributed by atoms with Crippen molar-refractivity contribution in [1.29, 1.82) is 0 Å². The zero-order chi connectivity index (χ0) is 19.2. The van der Waals surface area contributed by atoms with E-state index in [9.17, 15) is 4.79 Å². The molecule has 27 heavy (non-hydrogen) atoms. The van der Waals surface area contributed by atoms with Gasteiger partial charge in [0.2, 0.25) is 0 Å². The van der Waals surface area contributed by atoms with Crippen molar-refractivity contribution in [3.05, 3.63) is 60.2 Å². The molecule has 4 nitrogen and oxygen atoms in total. The van der Waals surface area contributed by atoms with E-state index in [2.05, 4.69) is 24.1 Å². The molecule has 0 saturated heterocycles. The van der Waals surface area contributed by atoms with E-state index in [0.717, 1.165) is 20.6 Å². The van der Waals surface area contributed by atoms with Crippen LogP contribution in [0.25, 0.3) is 11.3 Å². The number of amides is 1. The van der Waals surface area contributed by atoms with Crippen LogP contribution in [0.2, 0.25) is 0 Å². The molecule has 1 amide bonds. The smallest absolute Gasteiger partial charge is 0.262 e. The highest BCUT2D eigenvalue weighted by Gasteiger charge is 2.15. The van der Waals surface area contributed by atoms with Crippen LogP contribution in [0, 0.1) is 0 Å². The highest BCUT2D eigenvalue weighted by Crippen LogP contribution is 2.36. The lowest BCUT2D eigenvalue weighted by Crippen LogP contribution is -2.20. The average molecular weight is 399 g/mol. The summed E-state index contributed by atoms with van der Waals surface area (Å²) in [6, 6.07) is 17.7. The van der Waals surface area contributed by atoms with Crippen molar-refractivity contribution in [3.63, 3.8) is 0 Å². The van der Waals surface area contributed by atoms with Crippen molar-refractivity contribution in [2.75, 3.05) is 18.2 Å². The van der Waals surface area contributed by atoms with E-state index < -0.39 is 0 Å². The molecule has 0 atom stereocenters. The van der Waals surface area contributed by atoms with Gasteiger partial charge in [-0.1, -0.05) is 79.4 Å². The number of carbonyl (C=O) groups excluding carboxylic acids is 1. The zero-order valence-corrected chi connectivity index (χ0v) is 17.2. The summed E-state index contributed by atoms with van der Waals surface area (Å²) in [5, 5.41) is 3.69. The Kier molecular flexibility index (Phi) is 6.53. The van der Waals surface area contributed by atoms with E-state index in [-0.39, 0.29) is 12.5 Å². The van der Waals surface area contributed by atoms with E-state index in [0.29, 0.717) is 11.7 Å². The van der Waals surface area contributed by atoms with Gasteiger partial charge in [-0.25, -0.2) is 4.98 Å². The van der Waals surface area contributed by atoms with Crippen LogP contribution < -0.4 is 10.1 Å². The molecule has 0 saturated carbocycles. The van der Waals surface area contributed by atoms with Crippen molar-refractivity contribution in [1.82, 2.24) is 4.98 Å². The average Bonchev–Trinajstić information content (AvgIpc) is 3.10. The molecule has 6 heteroatoms. The number of thiazole rings is 1. The number of aromatic nitrogens is 1. The number of benzene rings is 2. The third-order valence-electron chi connectivity index (χ3n) is 4.00. The van der Waals surface area contributed by atoms with Gasteiger partial charge in [0.05, 0.1) is 0 Å². The van der Waals surface area contributed by atoms with Crippen LogP contribution >= 0.6 is 23.1 Å². The first-order valence-corrected chi connectivity index (χ1v) is 10.7. The van der Waals surface area contributed by atoms with Crippen molar-refractivity contribution in [2.24, 2.45) is 0 Å². The van der Waals surface area contributed by atoms with Gasteiger partial charge in [0.1, 0.15) is 16.4 Å². The number of hydrogen-bond acceptors (Lipinski definition) is 5. The monoisotopic (exact) mass is 398 g/mol. The van der Waals surface area contributed by atoms with Gasteiger partial charge in [-0.15, -0.1) is 0 Å². The highest BCUT2D eigenvalue weighted by molar-refractivity contribution is 8.00. The number of ether oxygens (including phenoxy) is 1. The maximum Gasteiger partial charge on any atom is 0.262 e. The van der Waals surface area contributed by atoms with Gasteiger partial charge < -0.3 is 10.1 Å². The van der Waals surface area contributed by atoms with Crippen LogP contribution in [-0.2, 0) is 4.79 Å². The van der Waals surface area contributed by atoms with E-state index in [1.165, 1.54) is 16.9 Å². The molecule has 0 aliphatic heterocycles. The summed E-state index contributed by atoms with van der Waals surface area (Å²) in [7, 11) is 0. The van der Waals surface area contributed by atoms with Gasteiger partial charge in [0.25, 0.3) is 5.91 Å². The molecule has 1 heterocycles. The van der Waals surface area contributed by atoms with Crippen LogP contribution in [0.1, 0.15) is 25.3 Å². The second-order valence-electron chi connectivity index (χ2n) is 6.29. The Hall–Kier alpha value is -2.31. The van der Waals surface area contributed by atoms with Crippen molar-refractivity contribution in [2.45, 2.75) is 24.1 Å². The topological polar surface area (TPSA) is 51.2 Å². The lowest BCUT2D eigenvalue weighted by Gasteiger charge is -2.09. The second kappa shape index (κ2) is 9.06. The molecule has 0 bridgehead atoms. The Balaban J connectivity index is 1.66. The van der Waals surface area contributed by atoms with Crippen LogP contribution in [-0.4, -0.2) is 23.8 Å². The Bertz CT molecular complexity index is 890. The number of nitrogens with one attached hydrogen (secondary N) is 1. The third kappa shape index (κ3) is 5.11. The Morgan fingerprint density at radius 3 is 2.48 bits per heavy atom. The summed E-state index contributed by atoms with van der Waals surface area (Å²) in [4.78, 5) is 17.0. The van der Waals surface area contributed by atoms with Crippen LogP contribution in [0.15, 0.2) is 58.9 Å². The van der Waals surface area contributed by atoms with Crippen LogP contribution in [0.4, 0.5) is 5.00 Å². The molecule has 3 rings (SSSR count). The maximum atomic E-state index is 12.4. The SMILES string of the molecule is CSc1nc(-c2ccccc2)c(NC(=O)COc2ccc(C(C)C)cc2)s1. The van der Waals surface area contributed by atoms with Gasteiger partial charge >= 0.3 is 0 Å². The van der Waals surface area contributed by atoms with Crippen LogP contribution in [0.3, 0.4) is 0 Å². The van der Waals surface area contributed by atoms with Gasteiger partial charge in [-0.2, -0.15) is 0 Å². The van der Waals surface area contributed by atoms with E-state index >= 15 is 0 Å². The fourth-order valence-corrected chi connectivity index (χ4v) is 4.03. The summed E-state index contributed by atoms with van der Waals surface area (Å²) >= 11 is 3.04. The molecule has 0 radical (unpaired) electrons. The predicted molar refractivity (Wildman–Crippen MR) is 114 cm³/mol. The number of rotatable bonds is 7. The fourth-order valence-electron chi connectivity index (χ4n) is 2.52. The molecule has 3 aromatic rings. The van der Waals surface area contributed by atoms with E-state index in [1.54, 1.807) is 11.8 Å². The number of hydrogen-bond donors (Lipinski definition) is 1. The maximum absolute atomic E-state index is 12.4. The van der Waals surface area contributed by atoms with E-state index in [4.69, 9.17) is 4.74 Å². The molecule has 1 N–H and O–H groups in total. The molecule has 140 valence electrons. The largest absolute Gasteiger partial charge is 0.484 e. The first-order chi connectivity index (χ1) is 13.1. The summed E-state index contributed by atoms with van der Waals surface area (Å²) in [5.74, 6) is 0.957. The van der Waals surface area contributed by atoms with Gasteiger partial charge in [0.15, 0.2) is 10.9 Å². The second-order valence-corrected chi connectivity index (χ2v) is 8.34. The van der Waals surface area contributed by atoms with Gasteiger partial charge in [-0.3, -0.25) is 4.79 Å². The predicted octanol–water partition coefficient (Wildman–Crippen LogP) is 5.67. The van der Waals surface area contributed by atoms with Crippen molar-refractivity contribution in [3.8, 4) is 17.0 Å². The summed E-state index contributed by atoms with van der Waals surface area (Å²) < 4.78 is 6.53. The van der Waals surface area contributed by atoms with Gasteiger partial charge in [-0.05, 0) is 29.9 Å². The molecule has 0 fully saturated rings. The quantitative estimate of drug-likeness (QED) is 0.521. The van der Waals surface area contributed by atoms with Crippen LogP contribution in [0.5, 0.6) is 5.75 Å². The number of carbonyl (C=O) groups is 1. The Morgan fingerprint density at radius 2 is 1.85 bits per heavy atom. The summed E-state index contributed by atoms with van der Waals surface area (Å²) in [5.41, 5.74) is 3.02. The molecule has 0 spiro atoms. The first kappa shape index (κ1) is 19.5. The van der Waals surface area contributed by atoms with E-state index in [1.807, 2.05) is 60.9 Å². The van der Waals surface area contributed by atoms with Crippen molar-refractivity contribution >= 4 is 34.0 Å². The molecule has 0 aliphatic carbocycles. The minimum atomic E-state index is -0.198. The molecule has 0 unspecified atom stereocenters. The Morgan fingerprint density at radius 1 is 1.15 bits per heavy atom. The minimum absolute atomic E-state index is 0.0399. The number of nitrogens with zero attached hydrogens (tertiary/aromatic N) is 1.